The van der Waals surface area contributed by atoms with Crippen LogP contribution in [0, 0.1) is 5.41 Å². The van der Waals surface area contributed by atoms with E-state index in [1.54, 1.807) is 0 Å². The zero-order valence-electron chi connectivity index (χ0n) is 11.6. The van der Waals surface area contributed by atoms with Crippen molar-refractivity contribution in [2.45, 2.75) is 50.8 Å². The largest absolute Gasteiger partial charge is 0.371 e. The average Bonchev–Trinajstić information content (AvgIpc) is 2.49. The van der Waals surface area contributed by atoms with Gasteiger partial charge in [0.05, 0.1) is 11.6 Å². The SMILES string of the molecule is ClCc1cc(N2CCC3(CCCCC3)CC2)ccn1. The highest BCUT2D eigenvalue weighted by Crippen LogP contribution is 2.45. The quantitative estimate of drug-likeness (QED) is 0.747. The summed E-state index contributed by atoms with van der Waals surface area (Å²) < 4.78 is 0. The normalized spacial score (nSPS) is 22.7. The molecular weight excluding hydrogens is 256 g/mol. The van der Waals surface area contributed by atoms with Gasteiger partial charge in [-0.3, -0.25) is 4.98 Å². The molecule has 3 rings (SSSR count). The van der Waals surface area contributed by atoms with Crippen LogP contribution < -0.4 is 4.90 Å². The van der Waals surface area contributed by atoms with Gasteiger partial charge in [-0.2, -0.15) is 0 Å². The van der Waals surface area contributed by atoms with Gasteiger partial charge in [0.15, 0.2) is 0 Å². The van der Waals surface area contributed by atoms with Crippen LogP contribution >= 0.6 is 11.6 Å². The van der Waals surface area contributed by atoms with E-state index < -0.39 is 0 Å². The predicted octanol–water partition coefficient (Wildman–Crippen LogP) is 4.37. The molecule has 3 heteroatoms. The Bertz CT molecular complexity index is 417. The van der Waals surface area contributed by atoms with Crippen LogP contribution in [0.5, 0.6) is 0 Å². The minimum atomic E-state index is 0.506. The molecule has 0 bridgehead atoms. The van der Waals surface area contributed by atoms with E-state index in [2.05, 4.69) is 22.0 Å². The minimum Gasteiger partial charge on any atom is -0.371 e. The van der Waals surface area contributed by atoms with Gasteiger partial charge in [-0.25, -0.2) is 0 Å². The van der Waals surface area contributed by atoms with Gasteiger partial charge in [0.2, 0.25) is 0 Å². The molecule has 1 aliphatic carbocycles. The molecule has 1 aliphatic heterocycles. The molecule has 0 unspecified atom stereocenters. The number of alkyl halides is 1. The Labute approximate surface area is 121 Å². The van der Waals surface area contributed by atoms with Crippen molar-refractivity contribution in [1.82, 2.24) is 4.98 Å². The fourth-order valence-electron chi connectivity index (χ4n) is 3.78. The molecule has 2 aliphatic rings. The van der Waals surface area contributed by atoms with E-state index in [9.17, 15) is 0 Å². The van der Waals surface area contributed by atoms with Crippen LogP contribution in [-0.2, 0) is 5.88 Å². The van der Waals surface area contributed by atoms with Crippen molar-refractivity contribution in [2.75, 3.05) is 18.0 Å². The Morgan fingerprint density at radius 3 is 2.53 bits per heavy atom. The van der Waals surface area contributed by atoms with Crippen molar-refractivity contribution in [1.29, 1.82) is 0 Å². The third kappa shape index (κ3) is 2.89. The highest BCUT2D eigenvalue weighted by atomic mass is 35.5. The van der Waals surface area contributed by atoms with Crippen LogP contribution in [0.4, 0.5) is 5.69 Å². The molecule has 2 heterocycles. The summed E-state index contributed by atoms with van der Waals surface area (Å²) in [7, 11) is 0. The Morgan fingerprint density at radius 1 is 1.11 bits per heavy atom. The van der Waals surface area contributed by atoms with Crippen molar-refractivity contribution in [2.24, 2.45) is 5.41 Å². The molecule has 1 spiro atoms. The van der Waals surface area contributed by atoms with E-state index >= 15 is 0 Å². The van der Waals surface area contributed by atoms with E-state index in [-0.39, 0.29) is 0 Å². The third-order valence-corrected chi connectivity index (χ3v) is 5.31. The second-order valence-corrected chi connectivity index (χ2v) is 6.45. The first-order valence-corrected chi connectivity index (χ1v) is 8.11. The fraction of sp³-hybridized carbons (Fsp3) is 0.688. The van der Waals surface area contributed by atoms with Gasteiger partial charge in [-0.1, -0.05) is 19.3 Å². The first-order valence-electron chi connectivity index (χ1n) is 7.57. The monoisotopic (exact) mass is 278 g/mol. The Balaban J connectivity index is 1.65. The van der Waals surface area contributed by atoms with Crippen molar-refractivity contribution < 1.29 is 0 Å². The van der Waals surface area contributed by atoms with E-state index in [1.807, 2.05) is 6.20 Å². The second kappa shape index (κ2) is 5.70. The fourth-order valence-corrected chi connectivity index (χ4v) is 3.92. The number of hydrogen-bond acceptors (Lipinski definition) is 2. The summed E-state index contributed by atoms with van der Waals surface area (Å²) in [5.74, 6) is 0.506. The summed E-state index contributed by atoms with van der Waals surface area (Å²) >= 11 is 5.87. The van der Waals surface area contributed by atoms with Gasteiger partial charge in [-0.05, 0) is 43.2 Å². The Kier molecular flexibility index (Phi) is 3.97. The standard InChI is InChI=1S/C16H23ClN2/c17-13-14-12-15(4-9-18-14)19-10-7-16(8-11-19)5-2-1-3-6-16/h4,9,12H,1-3,5-8,10-11,13H2. The van der Waals surface area contributed by atoms with Crippen LogP contribution in [0.15, 0.2) is 18.3 Å². The summed E-state index contributed by atoms with van der Waals surface area (Å²) in [5, 5.41) is 0. The molecule has 1 aromatic heterocycles. The number of halogens is 1. The molecule has 1 saturated carbocycles. The molecule has 0 aromatic carbocycles. The predicted molar refractivity (Wildman–Crippen MR) is 80.8 cm³/mol. The van der Waals surface area contributed by atoms with Crippen LogP contribution in [-0.4, -0.2) is 18.1 Å². The number of piperidine rings is 1. The molecule has 0 radical (unpaired) electrons. The van der Waals surface area contributed by atoms with Crippen molar-refractivity contribution in [3.05, 3.63) is 24.0 Å². The van der Waals surface area contributed by atoms with Crippen LogP contribution in [0.2, 0.25) is 0 Å². The van der Waals surface area contributed by atoms with Gasteiger partial charge < -0.3 is 4.90 Å². The number of aromatic nitrogens is 1. The van der Waals surface area contributed by atoms with Crippen LogP contribution in [0.3, 0.4) is 0 Å². The zero-order valence-corrected chi connectivity index (χ0v) is 12.3. The first kappa shape index (κ1) is 13.2. The summed E-state index contributed by atoms with van der Waals surface area (Å²) in [4.78, 5) is 6.79. The van der Waals surface area contributed by atoms with Gasteiger partial charge in [0.25, 0.3) is 0 Å². The molecule has 0 N–H and O–H groups in total. The molecule has 1 aromatic rings. The minimum absolute atomic E-state index is 0.506. The lowest BCUT2D eigenvalue weighted by atomic mass is 9.68. The maximum atomic E-state index is 5.87. The van der Waals surface area contributed by atoms with Gasteiger partial charge in [0, 0.05) is 25.0 Å². The molecule has 19 heavy (non-hydrogen) atoms. The molecule has 0 atom stereocenters. The summed E-state index contributed by atoms with van der Waals surface area (Å²) in [6.45, 7) is 2.40. The number of rotatable bonds is 2. The Morgan fingerprint density at radius 2 is 1.84 bits per heavy atom. The van der Waals surface area contributed by atoms with Gasteiger partial charge in [0.1, 0.15) is 0 Å². The van der Waals surface area contributed by atoms with Crippen molar-refractivity contribution in [3.8, 4) is 0 Å². The maximum absolute atomic E-state index is 5.87. The molecule has 0 amide bonds. The molecule has 2 fully saturated rings. The van der Waals surface area contributed by atoms with E-state index in [0.29, 0.717) is 11.3 Å². The number of pyridine rings is 1. The number of nitrogens with zero attached hydrogens (tertiary/aromatic N) is 2. The first-order chi connectivity index (χ1) is 9.31. The van der Waals surface area contributed by atoms with Crippen LogP contribution in [0.25, 0.3) is 0 Å². The lowest BCUT2D eigenvalue weighted by Gasteiger charge is -2.45. The third-order valence-electron chi connectivity index (χ3n) is 5.04. The van der Waals surface area contributed by atoms with Crippen LogP contribution in [0.1, 0.15) is 50.6 Å². The van der Waals surface area contributed by atoms with E-state index in [1.165, 1.54) is 63.7 Å². The van der Waals surface area contributed by atoms with Gasteiger partial charge >= 0.3 is 0 Å². The molecule has 1 saturated heterocycles. The highest BCUT2D eigenvalue weighted by molar-refractivity contribution is 6.16. The lowest BCUT2D eigenvalue weighted by molar-refractivity contribution is 0.144. The van der Waals surface area contributed by atoms with Crippen molar-refractivity contribution >= 4 is 17.3 Å². The highest BCUT2D eigenvalue weighted by Gasteiger charge is 2.35. The maximum Gasteiger partial charge on any atom is 0.0648 e. The number of anilines is 1. The molecule has 104 valence electrons. The summed E-state index contributed by atoms with van der Waals surface area (Å²) in [6, 6.07) is 4.26. The number of hydrogen-bond donors (Lipinski definition) is 0. The summed E-state index contributed by atoms with van der Waals surface area (Å²) in [5.41, 5.74) is 2.96. The van der Waals surface area contributed by atoms with E-state index in [0.717, 1.165) is 5.69 Å². The average molecular weight is 279 g/mol. The second-order valence-electron chi connectivity index (χ2n) is 6.19. The zero-order chi connectivity index (χ0) is 13.1. The smallest absolute Gasteiger partial charge is 0.0648 e. The van der Waals surface area contributed by atoms with E-state index in [4.69, 9.17) is 11.6 Å². The topological polar surface area (TPSA) is 16.1 Å². The van der Waals surface area contributed by atoms with Gasteiger partial charge in [-0.15, -0.1) is 11.6 Å². The summed E-state index contributed by atoms with van der Waals surface area (Å²) in [6.07, 6.45) is 11.9. The molecular formula is C16H23ClN2. The Hall–Kier alpha value is -0.760. The van der Waals surface area contributed by atoms with Crippen molar-refractivity contribution in [3.63, 3.8) is 0 Å². The lowest BCUT2D eigenvalue weighted by Crippen LogP contribution is -2.41. The molecule has 2 nitrogen and oxygen atoms in total.